The monoisotopic (exact) mass is 289 g/mol. The summed E-state index contributed by atoms with van der Waals surface area (Å²) in [6.07, 6.45) is 1.12. The first-order valence-electron chi connectivity index (χ1n) is 7.09. The Kier molecular flexibility index (Phi) is 5.21. The molecule has 0 saturated carbocycles. The van der Waals surface area contributed by atoms with Gasteiger partial charge in [-0.3, -0.25) is 0 Å². The van der Waals surface area contributed by atoms with E-state index >= 15 is 0 Å². The molecule has 0 aliphatic heterocycles. The van der Waals surface area contributed by atoms with Crippen LogP contribution in [0.25, 0.3) is 0 Å². The van der Waals surface area contributed by atoms with Gasteiger partial charge in [0.05, 0.1) is 13.2 Å². The van der Waals surface area contributed by atoms with Crippen molar-refractivity contribution in [2.24, 2.45) is 0 Å². The van der Waals surface area contributed by atoms with Gasteiger partial charge in [-0.25, -0.2) is 0 Å². The van der Waals surface area contributed by atoms with Gasteiger partial charge >= 0.3 is 0 Å². The van der Waals surface area contributed by atoms with Gasteiger partial charge in [0.2, 0.25) is 0 Å². The van der Waals surface area contributed by atoms with Crippen LogP contribution < -0.4 is 10.1 Å². The normalized spacial score (nSPS) is 12.4. The zero-order valence-corrected chi connectivity index (χ0v) is 13.5. The third-order valence-electron chi connectivity index (χ3n) is 3.65. The standard InChI is InChI=1S/C17H23NOS/c1-5-10-18-16(15-7-6-11-20-15)14-9-8-12(2)13(3)17(14)19-4/h6-9,11,16,18H,5,10H2,1-4H3. The molecule has 0 amide bonds. The molecule has 0 aliphatic rings. The zero-order valence-electron chi connectivity index (χ0n) is 12.7. The van der Waals surface area contributed by atoms with Gasteiger partial charge in [-0.05, 0) is 49.4 Å². The van der Waals surface area contributed by atoms with Crippen molar-refractivity contribution in [3.05, 3.63) is 51.2 Å². The van der Waals surface area contributed by atoms with E-state index in [0.717, 1.165) is 18.7 Å². The number of thiophene rings is 1. The Morgan fingerprint density at radius 1 is 1.25 bits per heavy atom. The lowest BCUT2D eigenvalue weighted by Crippen LogP contribution is -2.23. The van der Waals surface area contributed by atoms with Crippen molar-refractivity contribution in [1.82, 2.24) is 5.32 Å². The van der Waals surface area contributed by atoms with Crippen LogP contribution in [-0.2, 0) is 0 Å². The van der Waals surface area contributed by atoms with Crippen LogP contribution in [0.1, 0.15) is 41.0 Å². The smallest absolute Gasteiger partial charge is 0.127 e. The molecule has 0 saturated heterocycles. The van der Waals surface area contributed by atoms with E-state index in [4.69, 9.17) is 4.74 Å². The second-order valence-electron chi connectivity index (χ2n) is 5.03. The zero-order chi connectivity index (χ0) is 14.5. The fourth-order valence-corrected chi connectivity index (χ4v) is 3.24. The topological polar surface area (TPSA) is 21.3 Å². The van der Waals surface area contributed by atoms with Crippen LogP contribution >= 0.6 is 11.3 Å². The maximum absolute atomic E-state index is 5.68. The molecule has 1 N–H and O–H groups in total. The maximum Gasteiger partial charge on any atom is 0.127 e. The summed E-state index contributed by atoms with van der Waals surface area (Å²) in [7, 11) is 1.76. The Morgan fingerprint density at radius 2 is 2.05 bits per heavy atom. The molecule has 108 valence electrons. The molecule has 0 aliphatic carbocycles. The molecule has 2 nitrogen and oxygen atoms in total. The van der Waals surface area contributed by atoms with E-state index < -0.39 is 0 Å². The summed E-state index contributed by atoms with van der Waals surface area (Å²) in [5, 5.41) is 5.77. The van der Waals surface area contributed by atoms with Crippen molar-refractivity contribution >= 4 is 11.3 Å². The number of benzene rings is 1. The summed E-state index contributed by atoms with van der Waals surface area (Å²) in [6, 6.07) is 8.88. The van der Waals surface area contributed by atoms with Gasteiger partial charge in [-0.2, -0.15) is 0 Å². The van der Waals surface area contributed by atoms with Gasteiger partial charge < -0.3 is 10.1 Å². The lowest BCUT2D eigenvalue weighted by atomic mass is 9.98. The Hall–Kier alpha value is -1.32. The average molecular weight is 289 g/mol. The summed E-state index contributed by atoms with van der Waals surface area (Å²) in [6.45, 7) is 7.44. The van der Waals surface area contributed by atoms with Gasteiger partial charge in [0.15, 0.2) is 0 Å². The Bertz CT molecular complexity index is 548. The summed E-state index contributed by atoms with van der Waals surface area (Å²) in [5.74, 6) is 1.01. The average Bonchev–Trinajstić information content (AvgIpc) is 2.97. The van der Waals surface area contributed by atoms with Crippen LogP contribution in [0, 0.1) is 13.8 Å². The summed E-state index contributed by atoms with van der Waals surface area (Å²) < 4.78 is 5.68. The highest BCUT2D eigenvalue weighted by molar-refractivity contribution is 7.10. The fourth-order valence-electron chi connectivity index (χ4n) is 2.42. The molecule has 1 atom stereocenters. The van der Waals surface area contributed by atoms with Crippen LogP contribution in [0.2, 0.25) is 0 Å². The molecule has 2 rings (SSSR count). The fraction of sp³-hybridized carbons (Fsp3) is 0.412. The van der Waals surface area contributed by atoms with Crippen molar-refractivity contribution in [2.45, 2.75) is 33.2 Å². The molecule has 0 spiro atoms. The second-order valence-corrected chi connectivity index (χ2v) is 6.01. The summed E-state index contributed by atoms with van der Waals surface area (Å²) in [5.41, 5.74) is 3.72. The number of hydrogen-bond donors (Lipinski definition) is 1. The van der Waals surface area contributed by atoms with Gasteiger partial charge in [0.25, 0.3) is 0 Å². The van der Waals surface area contributed by atoms with Crippen molar-refractivity contribution in [3.63, 3.8) is 0 Å². The largest absolute Gasteiger partial charge is 0.496 e. The van der Waals surface area contributed by atoms with Gasteiger partial charge in [-0.1, -0.05) is 25.1 Å². The Balaban J connectivity index is 2.46. The third-order valence-corrected chi connectivity index (χ3v) is 4.59. The molecule has 0 fully saturated rings. The molecule has 1 aromatic heterocycles. The first-order valence-corrected chi connectivity index (χ1v) is 7.97. The van der Waals surface area contributed by atoms with Gasteiger partial charge in [-0.15, -0.1) is 11.3 Å². The second kappa shape index (κ2) is 6.91. The van der Waals surface area contributed by atoms with Crippen LogP contribution in [0.15, 0.2) is 29.6 Å². The van der Waals surface area contributed by atoms with Crippen molar-refractivity contribution in [2.75, 3.05) is 13.7 Å². The lowest BCUT2D eigenvalue weighted by molar-refractivity contribution is 0.400. The van der Waals surface area contributed by atoms with E-state index in [1.807, 2.05) is 0 Å². The first kappa shape index (κ1) is 15.1. The predicted octanol–water partition coefficient (Wildman–Crippen LogP) is 4.46. The van der Waals surface area contributed by atoms with E-state index in [1.165, 1.54) is 21.6 Å². The number of ether oxygens (including phenoxy) is 1. The van der Waals surface area contributed by atoms with Gasteiger partial charge in [0.1, 0.15) is 5.75 Å². The molecule has 1 unspecified atom stereocenters. The minimum atomic E-state index is 0.212. The molecule has 20 heavy (non-hydrogen) atoms. The summed E-state index contributed by atoms with van der Waals surface area (Å²) >= 11 is 1.79. The molecule has 1 heterocycles. The third kappa shape index (κ3) is 3.05. The highest BCUT2D eigenvalue weighted by atomic mass is 32.1. The quantitative estimate of drug-likeness (QED) is 0.847. The molecule has 0 bridgehead atoms. The molecule has 2 aromatic rings. The molecule has 3 heteroatoms. The molecular weight excluding hydrogens is 266 g/mol. The molecule has 0 radical (unpaired) electrons. The Labute approximate surface area is 125 Å². The van der Waals surface area contributed by atoms with E-state index in [2.05, 4.69) is 55.7 Å². The molecular formula is C17H23NOS. The lowest BCUT2D eigenvalue weighted by Gasteiger charge is -2.22. The number of hydrogen-bond acceptors (Lipinski definition) is 3. The van der Waals surface area contributed by atoms with E-state index in [0.29, 0.717) is 0 Å². The minimum absolute atomic E-state index is 0.212. The SMILES string of the molecule is CCCNC(c1cccs1)c1ccc(C)c(C)c1OC. The van der Waals surface area contributed by atoms with E-state index in [1.54, 1.807) is 18.4 Å². The van der Waals surface area contributed by atoms with Crippen molar-refractivity contribution < 1.29 is 4.74 Å². The van der Waals surface area contributed by atoms with Gasteiger partial charge in [0, 0.05) is 10.4 Å². The number of nitrogens with one attached hydrogen (secondary N) is 1. The first-order chi connectivity index (χ1) is 9.69. The van der Waals surface area contributed by atoms with Crippen LogP contribution in [0.3, 0.4) is 0 Å². The predicted molar refractivity (Wildman–Crippen MR) is 86.9 cm³/mol. The van der Waals surface area contributed by atoms with Crippen LogP contribution in [0.4, 0.5) is 0 Å². The van der Waals surface area contributed by atoms with Crippen molar-refractivity contribution in [3.8, 4) is 5.75 Å². The number of methoxy groups -OCH3 is 1. The van der Waals surface area contributed by atoms with Crippen molar-refractivity contribution in [1.29, 1.82) is 0 Å². The Morgan fingerprint density at radius 3 is 2.65 bits per heavy atom. The highest BCUT2D eigenvalue weighted by Crippen LogP contribution is 2.35. The summed E-state index contributed by atoms with van der Waals surface area (Å²) in [4.78, 5) is 1.33. The number of rotatable bonds is 6. The van der Waals surface area contributed by atoms with Crippen LogP contribution in [-0.4, -0.2) is 13.7 Å². The number of aryl methyl sites for hydroxylation is 1. The minimum Gasteiger partial charge on any atom is -0.496 e. The van der Waals surface area contributed by atoms with E-state index in [-0.39, 0.29) is 6.04 Å². The highest BCUT2D eigenvalue weighted by Gasteiger charge is 2.20. The van der Waals surface area contributed by atoms with Crippen LogP contribution in [0.5, 0.6) is 5.75 Å². The maximum atomic E-state index is 5.68. The molecule has 1 aromatic carbocycles. The van der Waals surface area contributed by atoms with E-state index in [9.17, 15) is 0 Å².